The Morgan fingerprint density at radius 3 is 2.64 bits per heavy atom. The molecule has 0 atom stereocenters. The van der Waals surface area contributed by atoms with Crippen molar-refractivity contribution < 1.29 is 0 Å². The summed E-state index contributed by atoms with van der Waals surface area (Å²) in [5.41, 5.74) is 4.98. The topological polar surface area (TPSA) is 48.1 Å². The number of anilines is 1. The highest BCUT2D eigenvalue weighted by Crippen LogP contribution is 2.15. The van der Waals surface area contributed by atoms with Crippen LogP contribution in [0.5, 0.6) is 0 Å². The molecule has 0 amide bonds. The largest absolute Gasteiger partial charge is 0.368 e. The highest BCUT2D eigenvalue weighted by Gasteiger charge is 2.17. The molecule has 2 aromatic heterocycles. The van der Waals surface area contributed by atoms with Crippen LogP contribution in [0.2, 0.25) is 0 Å². The molecule has 1 fully saturated rings. The van der Waals surface area contributed by atoms with Crippen LogP contribution in [-0.4, -0.2) is 52.8 Å². The summed E-state index contributed by atoms with van der Waals surface area (Å²) < 4.78 is 0. The van der Waals surface area contributed by atoms with E-state index in [4.69, 9.17) is 0 Å². The van der Waals surface area contributed by atoms with Gasteiger partial charge in [-0.25, -0.2) is 0 Å². The maximum atomic E-state index is 4.39. The van der Waals surface area contributed by atoms with Crippen LogP contribution in [0.1, 0.15) is 23.4 Å². The number of rotatable bonds is 5. The van der Waals surface area contributed by atoms with E-state index in [1.165, 1.54) is 29.1 Å². The quantitative estimate of drug-likeness (QED) is 0.919. The Labute approximate surface area is 132 Å². The van der Waals surface area contributed by atoms with Gasteiger partial charge in [-0.15, -0.1) is 0 Å². The first kappa shape index (κ1) is 15.0. The van der Waals surface area contributed by atoms with E-state index < -0.39 is 0 Å². The standard InChI is InChI=1S/C17H25N5/c1-14-15(2)19-20-17(14)6-4-8-21-9-11-22(12-10-21)16-5-3-7-18-13-16/h3,5,7,13H,4,6,8-12H2,1-2H3,(H,19,20). The second-order valence-electron chi connectivity index (χ2n) is 6.06. The number of pyridine rings is 1. The van der Waals surface area contributed by atoms with Gasteiger partial charge in [-0.1, -0.05) is 0 Å². The minimum atomic E-state index is 1.07. The van der Waals surface area contributed by atoms with E-state index in [0.717, 1.165) is 39.1 Å². The summed E-state index contributed by atoms with van der Waals surface area (Å²) in [6.45, 7) is 9.84. The summed E-state index contributed by atoms with van der Waals surface area (Å²) in [7, 11) is 0. The fourth-order valence-electron chi connectivity index (χ4n) is 3.02. The number of H-pyrrole nitrogens is 1. The van der Waals surface area contributed by atoms with Crippen LogP contribution >= 0.6 is 0 Å². The monoisotopic (exact) mass is 299 g/mol. The van der Waals surface area contributed by atoms with Crippen molar-refractivity contribution in [1.82, 2.24) is 20.1 Å². The van der Waals surface area contributed by atoms with Crippen LogP contribution < -0.4 is 4.90 Å². The zero-order chi connectivity index (χ0) is 15.4. The number of hydrogen-bond acceptors (Lipinski definition) is 4. The van der Waals surface area contributed by atoms with Gasteiger partial charge in [0, 0.05) is 38.1 Å². The first-order valence-electron chi connectivity index (χ1n) is 8.12. The van der Waals surface area contributed by atoms with Gasteiger partial charge in [0.05, 0.1) is 17.6 Å². The summed E-state index contributed by atoms with van der Waals surface area (Å²) in [5, 5.41) is 7.46. The van der Waals surface area contributed by atoms with Gasteiger partial charge in [0.1, 0.15) is 0 Å². The van der Waals surface area contributed by atoms with Gasteiger partial charge >= 0.3 is 0 Å². The maximum absolute atomic E-state index is 4.39. The third kappa shape index (κ3) is 3.47. The minimum Gasteiger partial charge on any atom is -0.368 e. The molecule has 1 aliphatic heterocycles. The Bertz CT molecular complexity index is 584. The molecule has 3 heterocycles. The zero-order valence-corrected chi connectivity index (χ0v) is 13.5. The van der Waals surface area contributed by atoms with Gasteiger partial charge in [-0.3, -0.25) is 15.0 Å². The molecule has 118 valence electrons. The molecule has 0 saturated carbocycles. The van der Waals surface area contributed by atoms with Crippen molar-refractivity contribution in [2.45, 2.75) is 26.7 Å². The average molecular weight is 299 g/mol. The van der Waals surface area contributed by atoms with E-state index in [0.29, 0.717) is 0 Å². The van der Waals surface area contributed by atoms with Crippen LogP contribution in [0.4, 0.5) is 5.69 Å². The molecule has 0 bridgehead atoms. The van der Waals surface area contributed by atoms with Crippen molar-refractivity contribution >= 4 is 5.69 Å². The van der Waals surface area contributed by atoms with Crippen LogP contribution in [0.15, 0.2) is 24.5 Å². The van der Waals surface area contributed by atoms with E-state index in [1.807, 2.05) is 18.5 Å². The van der Waals surface area contributed by atoms with Crippen molar-refractivity contribution in [2.75, 3.05) is 37.6 Å². The van der Waals surface area contributed by atoms with Crippen LogP contribution in [0.25, 0.3) is 0 Å². The summed E-state index contributed by atoms with van der Waals surface area (Å²) >= 11 is 0. The molecule has 1 aliphatic rings. The van der Waals surface area contributed by atoms with Crippen LogP contribution in [0.3, 0.4) is 0 Å². The van der Waals surface area contributed by atoms with Gasteiger partial charge in [0.15, 0.2) is 0 Å². The predicted molar refractivity (Wildman–Crippen MR) is 89.3 cm³/mol. The normalized spacial score (nSPS) is 16.2. The van der Waals surface area contributed by atoms with Crippen molar-refractivity contribution in [2.24, 2.45) is 0 Å². The molecule has 3 rings (SSSR count). The predicted octanol–water partition coefficient (Wildman–Crippen LogP) is 2.18. The van der Waals surface area contributed by atoms with E-state index in [9.17, 15) is 0 Å². The van der Waals surface area contributed by atoms with Gasteiger partial charge < -0.3 is 4.90 Å². The fraction of sp³-hybridized carbons (Fsp3) is 0.529. The Balaban J connectivity index is 1.42. The van der Waals surface area contributed by atoms with E-state index in [2.05, 4.69) is 44.9 Å². The first-order valence-corrected chi connectivity index (χ1v) is 8.12. The molecule has 0 aromatic carbocycles. The Morgan fingerprint density at radius 1 is 1.18 bits per heavy atom. The van der Waals surface area contributed by atoms with Crippen molar-refractivity contribution in [3.05, 3.63) is 41.5 Å². The Morgan fingerprint density at radius 2 is 2.00 bits per heavy atom. The zero-order valence-electron chi connectivity index (χ0n) is 13.5. The summed E-state index contributed by atoms with van der Waals surface area (Å²) in [6.07, 6.45) is 6.04. The second-order valence-corrected chi connectivity index (χ2v) is 6.06. The maximum Gasteiger partial charge on any atom is 0.0654 e. The summed E-state index contributed by atoms with van der Waals surface area (Å²) in [6, 6.07) is 4.15. The third-order valence-corrected chi connectivity index (χ3v) is 4.63. The van der Waals surface area contributed by atoms with Gasteiger partial charge in [0.25, 0.3) is 0 Å². The smallest absolute Gasteiger partial charge is 0.0654 e. The molecular weight excluding hydrogens is 274 g/mol. The molecule has 5 heteroatoms. The minimum absolute atomic E-state index is 1.07. The van der Waals surface area contributed by atoms with Crippen LogP contribution in [0, 0.1) is 13.8 Å². The lowest BCUT2D eigenvalue weighted by Crippen LogP contribution is -2.46. The molecule has 0 spiro atoms. The molecule has 0 unspecified atom stereocenters. The third-order valence-electron chi connectivity index (χ3n) is 4.63. The average Bonchev–Trinajstić information content (AvgIpc) is 2.88. The van der Waals surface area contributed by atoms with Crippen molar-refractivity contribution in [3.63, 3.8) is 0 Å². The molecular formula is C17H25N5. The summed E-state index contributed by atoms with van der Waals surface area (Å²) in [4.78, 5) is 9.19. The van der Waals surface area contributed by atoms with Crippen molar-refractivity contribution in [1.29, 1.82) is 0 Å². The number of hydrogen-bond donors (Lipinski definition) is 1. The van der Waals surface area contributed by atoms with Gasteiger partial charge in [0.2, 0.25) is 0 Å². The summed E-state index contributed by atoms with van der Waals surface area (Å²) in [5.74, 6) is 0. The molecule has 1 N–H and O–H groups in total. The lowest BCUT2D eigenvalue weighted by molar-refractivity contribution is 0.255. The van der Waals surface area contributed by atoms with Gasteiger partial charge in [-0.05, 0) is 50.9 Å². The number of aromatic amines is 1. The van der Waals surface area contributed by atoms with Crippen LogP contribution in [-0.2, 0) is 6.42 Å². The highest BCUT2D eigenvalue weighted by atomic mass is 15.3. The fourth-order valence-corrected chi connectivity index (χ4v) is 3.02. The molecule has 5 nitrogen and oxygen atoms in total. The number of aromatic nitrogens is 3. The molecule has 1 saturated heterocycles. The van der Waals surface area contributed by atoms with Crippen molar-refractivity contribution in [3.8, 4) is 0 Å². The molecule has 0 aliphatic carbocycles. The highest BCUT2D eigenvalue weighted by molar-refractivity contribution is 5.44. The Kier molecular flexibility index (Phi) is 4.73. The SMILES string of the molecule is Cc1[nH]nc(CCCN2CCN(c3cccnc3)CC2)c1C. The molecule has 2 aromatic rings. The van der Waals surface area contributed by atoms with E-state index >= 15 is 0 Å². The number of nitrogens with one attached hydrogen (secondary N) is 1. The Hall–Kier alpha value is -1.88. The first-order chi connectivity index (χ1) is 10.7. The van der Waals surface area contributed by atoms with Gasteiger partial charge in [-0.2, -0.15) is 5.10 Å². The number of piperazine rings is 1. The van der Waals surface area contributed by atoms with E-state index in [-0.39, 0.29) is 0 Å². The second kappa shape index (κ2) is 6.92. The number of nitrogens with zero attached hydrogens (tertiary/aromatic N) is 4. The van der Waals surface area contributed by atoms with E-state index in [1.54, 1.807) is 0 Å². The number of aryl methyl sites for hydroxylation is 2. The molecule has 0 radical (unpaired) electrons. The lowest BCUT2D eigenvalue weighted by Gasteiger charge is -2.35. The lowest BCUT2D eigenvalue weighted by atomic mass is 10.1. The molecule has 22 heavy (non-hydrogen) atoms.